The van der Waals surface area contributed by atoms with Gasteiger partial charge in [0.1, 0.15) is 11.9 Å². The number of benzene rings is 1. The van der Waals surface area contributed by atoms with Gasteiger partial charge >= 0.3 is 0 Å². The molecule has 1 amide bonds. The molecule has 0 aliphatic carbocycles. The third-order valence-corrected chi connectivity index (χ3v) is 2.06. The van der Waals surface area contributed by atoms with Crippen molar-refractivity contribution >= 4 is 5.91 Å². The molecule has 4 nitrogen and oxygen atoms in total. The van der Waals surface area contributed by atoms with E-state index in [-0.39, 0.29) is 12.2 Å². The van der Waals surface area contributed by atoms with Gasteiger partial charge in [-0.25, -0.2) is 4.39 Å². The summed E-state index contributed by atoms with van der Waals surface area (Å²) in [5.74, 6) is -1.26. The first kappa shape index (κ1) is 11.6. The van der Waals surface area contributed by atoms with Gasteiger partial charge in [-0.1, -0.05) is 12.1 Å². The van der Waals surface area contributed by atoms with Crippen molar-refractivity contribution in [2.24, 2.45) is 11.5 Å². The molecule has 0 saturated carbocycles. The van der Waals surface area contributed by atoms with Crippen LogP contribution in [0.25, 0.3) is 0 Å². The Kier molecular flexibility index (Phi) is 3.76. The van der Waals surface area contributed by atoms with E-state index < -0.39 is 18.1 Å². The quantitative estimate of drug-likeness (QED) is 0.631. The van der Waals surface area contributed by atoms with Crippen molar-refractivity contribution in [1.29, 1.82) is 0 Å². The van der Waals surface area contributed by atoms with Crippen LogP contribution >= 0.6 is 0 Å². The van der Waals surface area contributed by atoms with Crippen molar-refractivity contribution in [1.82, 2.24) is 0 Å². The lowest BCUT2D eigenvalue weighted by molar-refractivity contribution is -0.126. The highest BCUT2D eigenvalue weighted by Crippen LogP contribution is 2.07. The summed E-state index contributed by atoms with van der Waals surface area (Å²) in [5.41, 5.74) is 11.0. The van der Waals surface area contributed by atoms with Gasteiger partial charge in [-0.05, 0) is 24.1 Å². The van der Waals surface area contributed by atoms with Gasteiger partial charge in [0.2, 0.25) is 5.91 Å². The molecule has 0 heterocycles. The van der Waals surface area contributed by atoms with Gasteiger partial charge in [0.05, 0.1) is 0 Å². The van der Waals surface area contributed by atoms with Crippen LogP contribution in [-0.2, 0) is 11.2 Å². The van der Waals surface area contributed by atoms with E-state index in [1.165, 1.54) is 18.2 Å². The standard InChI is InChI=1S/C10H13FN2O2/c11-7-3-1-2-6(4-7)5-8(12)9(14)10(13)15/h1-4,8-9,14H,5,12H2,(H2,13,15). The predicted octanol–water partition coefficient (Wildman–Crippen LogP) is -0.458. The highest BCUT2D eigenvalue weighted by Gasteiger charge is 2.20. The van der Waals surface area contributed by atoms with E-state index in [0.717, 1.165) is 0 Å². The van der Waals surface area contributed by atoms with Crippen LogP contribution in [0.4, 0.5) is 4.39 Å². The maximum Gasteiger partial charge on any atom is 0.247 e. The summed E-state index contributed by atoms with van der Waals surface area (Å²) in [6, 6.07) is 4.99. The molecule has 15 heavy (non-hydrogen) atoms. The van der Waals surface area contributed by atoms with Gasteiger partial charge < -0.3 is 16.6 Å². The molecule has 1 aromatic carbocycles. The third kappa shape index (κ3) is 3.30. The summed E-state index contributed by atoms with van der Waals surface area (Å²) in [6.45, 7) is 0. The molecule has 0 spiro atoms. The zero-order valence-corrected chi connectivity index (χ0v) is 8.06. The fourth-order valence-corrected chi connectivity index (χ4v) is 1.26. The molecule has 0 fully saturated rings. The van der Waals surface area contributed by atoms with Crippen molar-refractivity contribution in [3.8, 4) is 0 Å². The van der Waals surface area contributed by atoms with E-state index in [9.17, 15) is 14.3 Å². The molecular weight excluding hydrogens is 199 g/mol. The maximum atomic E-state index is 12.8. The Morgan fingerprint density at radius 3 is 2.73 bits per heavy atom. The lowest BCUT2D eigenvalue weighted by Crippen LogP contribution is -2.45. The topological polar surface area (TPSA) is 89.3 Å². The van der Waals surface area contributed by atoms with Crippen molar-refractivity contribution in [2.75, 3.05) is 0 Å². The molecule has 0 aliphatic heterocycles. The Morgan fingerprint density at radius 1 is 1.53 bits per heavy atom. The molecule has 82 valence electrons. The van der Waals surface area contributed by atoms with Gasteiger partial charge in [-0.15, -0.1) is 0 Å². The zero-order valence-electron chi connectivity index (χ0n) is 8.06. The molecule has 5 N–H and O–H groups in total. The minimum atomic E-state index is -1.41. The molecule has 2 unspecified atom stereocenters. The molecule has 5 heteroatoms. The molecule has 0 aliphatic rings. The van der Waals surface area contributed by atoms with Crippen molar-refractivity contribution in [2.45, 2.75) is 18.6 Å². The van der Waals surface area contributed by atoms with Gasteiger partial charge in [-0.3, -0.25) is 4.79 Å². The number of hydrogen-bond acceptors (Lipinski definition) is 3. The van der Waals surface area contributed by atoms with Crippen LogP contribution < -0.4 is 11.5 Å². The molecule has 0 bridgehead atoms. The largest absolute Gasteiger partial charge is 0.382 e. The Bertz CT molecular complexity index is 357. The summed E-state index contributed by atoms with van der Waals surface area (Å²) in [7, 11) is 0. The maximum absolute atomic E-state index is 12.8. The number of rotatable bonds is 4. The number of primary amides is 1. The van der Waals surface area contributed by atoms with Crippen LogP contribution in [0.15, 0.2) is 24.3 Å². The van der Waals surface area contributed by atoms with E-state index in [0.29, 0.717) is 5.56 Å². The number of aliphatic hydroxyl groups is 1. The molecule has 0 aromatic heterocycles. The third-order valence-electron chi connectivity index (χ3n) is 2.06. The molecular formula is C10H13FN2O2. The average molecular weight is 212 g/mol. The lowest BCUT2D eigenvalue weighted by atomic mass is 10.0. The van der Waals surface area contributed by atoms with Crippen LogP contribution in [0.5, 0.6) is 0 Å². The molecule has 0 saturated heterocycles. The second-order valence-electron chi connectivity index (χ2n) is 3.35. The number of hydrogen-bond donors (Lipinski definition) is 3. The lowest BCUT2D eigenvalue weighted by Gasteiger charge is -2.15. The Morgan fingerprint density at radius 2 is 2.20 bits per heavy atom. The van der Waals surface area contributed by atoms with Gasteiger partial charge in [0, 0.05) is 6.04 Å². The fraction of sp³-hybridized carbons (Fsp3) is 0.300. The highest BCUT2D eigenvalue weighted by molar-refractivity contribution is 5.79. The normalized spacial score (nSPS) is 14.6. The summed E-state index contributed by atoms with van der Waals surface area (Å²) in [5, 5.41) is 9.23. The van der Waals surface area contributed by atoms with Crippen LogP contribution in [0, 0.1) is 5.82 Å². The minimum absolute atomic E-state index is 0.196. The monoisotopic (exact) mass is 212 g/mol. The summed E-state index contributed by atoms with van der Waals surface area (Å²) in [6.07, 6.45) is -1.21. The number of halogens is 1. The van der Waals surface area contributed by atoms with E-state index in [1.807, 2.05) is 0 Å². The Labute approximate surface area is 86.7 Å². The van der Waals surface area contributed by atoms with Crippen LogP contribution in [0.2, 0.25) is 0 Å². The van der Waals surface area contributed by atoms with Crippen LogP contribution in [0.1, 0.15) is 5.56 Å². The predicted molar refractivity (Wildman–Crippen MR) is 53.3 cm³/mol. The van der Waals surface area contributed by atoms with Gasteiger partial charge in [0.15, 0.2) is 0 Å². The first-order valence-electron chi connectivity index (χ1n) is 4.48. The van der Waals surface area contributed by atoms with Gasteiger partial charge in [0.25, 0.3) is 0 Å². The first-order valence-corrected chi connectivity index (χ1v) is 4.48. The second kappa shape index (κ2) is 4.86. The number of amides is 1. The minimum Gasteiger partial charge on any atom is -0.382 e. The van der Waals surface area contributed by atoms with Crippen LogP contribution in [0.3, 0.4) is 0 Å². The smallest absolute Gasteiger partial charge is 0.247 e. The fourth-order valence-electron chi connectivity index (χ4n) is 1.26. The Balaban J connectivity index is 2.66. The number of carbonyl (C=O) groups is 1. The summed E-state index contributed by atoms with van der Waals surface area (Å²) < 4.78 is 12.8. The van der Waals surface area contributed by atoms with E-state index >= 15 is 0 Å². The number of carbonyl (C=O) groups excluding carboxylic acids is 1. The van der Waals surface area contributed by atoms with Gasteiger partial charge in [-0.2, -0.15) is 0 Å². The molecule has 0 radical (unpaired) electrons. The summed E-state index contributed by atoms with van der Waals surface area (Å²) >= 11 is 0. The van der Waals surface area contributed by atoms with Crippen molar-refractivity contribution < 1.29 is 14.3 Å². The molecule has 1 aromatic rings. The number of aliphatic hydroxyl groups excluding tert-OH is 1. The molecule has 2 atom stereocenters. The average Bonchev–Trinajstić information content (AvgIpc) is 2.16. The first-order chi connectivity index (χ1) is 7.00. The van der Waals surface area contributed by atoms with Crippen molar-refractivity contribution in [3.63, 3.8) is 0 Å². The zero-order chi connectivity index (χ0) is 11.4. The second-order valence-corrected chi connectivity index (χ2v) is 3.35. The molecule has 1 rings (SSSR count). The van der Waals surface area contributed by atoms with E-state index in [4.69, 9.17) is 11.5 Å². The van der Waals surface area contributed by atoms with Crippen LogP contribution in [-0.4, -0.2) is 23.2 Å². The van der Waals surface area contributed by atoms with Crippen molar-refractivity contribution in [3.05, 3.63) is 35.6 Å². The summed E-state index contributed by atoms with van der Waals surface area (Å²) in [4.78, 5) is 10.6. The Hall–Kier alpha value is -1.46. The number of nitrogens with two attached hydrogens (primary N) is 2. The van der Waals surface area contributed by atoms with E-state index in [1.54, 1.807) is 6.07 Å². The highest BCUT2D eigenvalue weighted by atomic mass is 19.1. The SMILES string of the molecule is NC(=O)C(O)C(N)Cc1cccc(F)c1. The van der Waals surface area contributed by atoms with E-state index in [2.05, 4.69) is 0 Å².